The van der Waals surface area contributed by atoms with Gasteiger partial charge in [-0.25, -0.2) is 5.48 Å². The minimum Gasteiger partial charge on any atom is -0.368 e. The number of rotatable bonds is 10. The van der Waals surface area contributed by atoms with Crippen LogP contribution in [-0.4, -0.2) is 53.7 Å². The molecule has 0 aliphatic carbocycles. The number of pyridine rings is 1. The zero-order chi connectivity index (χ0) is 18.8. The van der Waals surface area contributed by atoms with Crippen molar-refractivity contribution in [1.29, 1.82) is 0 Å². The number of unbranched alkanes of at least 4 members (excludes halogenated alkanes) is 4. The third-order valence-corrected chi connectivity index (χ3v) is 5.10. The monoisotopic (exact) mass is 362 g/mol. The molecule has 1 aromatic heterocycles. The van der Waals surface area contributed by atoms with E-state index in [1.54, 1.807) is 5.48 Å². The van der Waals surface area contributed by atoms with Crippen LogP contribution in [0.4, 0.5) is 5.69 Å². The molecular formula is C20H34N4O2. The lowest BCUT2D eigenvalue weighted by molar-refractivity contribution is -0.129. The van der Waals surface area contributed by atoms with Gasteiger partial charge in [0.05, 0.1) is 11.9 Å². The van der Waals surface area contributed by atoms with Crippen LogP contribution in [0.15, 0.2) is 18.3 Å². The van der Waals surface area contributed by atoms with Crippen molar-refractivity contribution in [2.24, 2.45) is 0 Å². The lowest BCUT2D eigenvalue weighted by atomic mass is 10.1. The summed E-state index contributed by atoms with van der Waals surface area (Å²) >= 11 is 0. The fourth-order valence-corrected chi connectivity index (χ4v) is 3.36. The SMILES string of the molecule is CC(C)c1ccc(N2CCN(CCCCCCCC(=O)NO)CC2)cn1. The van der Waals surface area contributed by atoms with Gasteiger partial charge in [-0.1, -0.05) is 33.1 Å². The van der Waals surface area contributed by atoms with Crippen molar-refractivity contribution >= 4 is 11.6 Å². The van der Waals surface area contributed by atoms with Gasteiger partial charge in [0.25, 0.3) is 0 Å². The first kappa shape index (κ1) is 20.6. The lowest BCUT2D eigenvalue weighted by Gasteiger charge is -2.36. The molecule has 0 spiro atoms. The normalized spacial score (nSPS) is 15.5. The van der Waals surface area contributed by atoms with Gasteiger partial charge in [-0.05, 0) is 37.4 Å². The van der Waals surface area contributed by atoms with Gasteiger partial charge in [0.15, 0.2) is 0 Å². The fourth-order valence-electron chi connectivity index (χ4n) is 3.36. The number of carbonyl (C=O) groups is 1. The Hall–Kier alpha value is -1.66. The number of nitrogens with zero attached hydrogens (tertiary/aromatic N) is 3. The van der Waals surface area contributed by atoms with E-state index in [4.69, 9.17) is 5.21 Å². The number of nitrogens with one attached hydrogen (secondary N) is 1. The summed E-state index contributed by atoms with van der Waals surface area (Å²) in [6.45, 7) is 9.87. The Morgan fingerprint density at radius 2 is 1.81 bits per heavy atom. The van der Waals surface area contributed by atoms with Crippen LogP contribution < -0.4 is 10.4 Å². The van der Waals surface area contributed by atoms with E-state index in [-0.39, 0.29) is 5.91 Å². The largest absolute Gasteiger partial charge is 0.368 e. The second kappa shape index (κ2) is 11.1. The molecule has 146 valence electrons. The highest BCUT2D eigenvalue weighted by molar-refractivity contribution is 5.74. The van der Waals surface area contributed by atoms with Crippen molar-refractivity contribution in [3.63, 3.8) is 0 Å². The van der Waals surface area contributed by atoms with E-state index < -0.39 is 0 Å². The summed E-state index contributed by atoms with van der Waals surface area (Å²) < 4.78 is 0. The molecule has 6 heteroatoms. The second-order valence-electron chi connectivity index (χ2n) is 7.48. The molecule has 0 bridgehead atoms. The minimum absolute atomic E-state index is 0.281. The minimum atomic E-state index is -0.281. The van der Waals surface area contributed by atoms with Crippen LogP contribution in [0.5, 0.6) is 0 Å². The van der Waals surface area contributed by atoms with Crippen molar-refractivity contribution in [2.75, 3.05) is 37.6 Å². The molecule has 2 rings (SSSR count). The average Bonchev–Trinajstić information content (AvgIpc) is 2.67. The molecule has 1 aliphatic rings. The number of anilines is 1. The molecule has 1 amide bonds. The summed E-state index contributed by atoms with van der Waals surface area (Å²) in [5.41, 5.74) is 4.07. The van der Waals surface area contributed by atoms with Crippen LogP contribution in [-0.2, 0) is 4.79 Å². The summed E-state index contributed by atoms with van der Waals surface area (Å²) in [6.07, 6.45) is 7.94. The zero-order valence-electron chi connectivity index (χ0n) is 16.3. The van der Waals surface area contributed by atoms with Gasteiger partial charge < -0.3 is 4.90 Å². The summed E-state index contributed by atoms with van der Waals surface area (Å²) in [5.74, 6) is 0.199. The maximum atomic E-state index is 10.9. The van der Waals surface area contributed by atoms with E-state index in [2.05, 4.69) is 40.8 Å². The standard InChI is InChI=1S/C20H34N4O2/c1-17(2)19-10-9-18(16-21-19)24-14-12-23(13-15-24)11-7-5-3-4-6-8-20(25)22-26/h9-10,16-17,26H,3-8,11-15H2,1-2H3,(H,22,25). The molecule has 2 heterocycles. The quantitative estimate of drug-likeness (QED) is 0.380. The predicted molar refractivity (Wildman–Crippen MR) is 105 cm³/mol. The Morgan fingerprint density at radius 3 is 2.42 bits per heavy atom. The smallest absolute Gasteiger partial charge is 0.243 e. The Morgan fingerprint density at radius 1 is 1.12 bits per heavy atom. The van der Waals surface area contributed by atoms with Gasteiger partial charge in [0.1, 0.15) is 0 Å². The highest BCUT2D eigenvalue weighted by Crippen LogP contribution is 2.19. The van der Waals surface area contributed by atoms with E-state index >= 15 is 0 Å². The number of aromatic nitrogens is 1. The lowest BCUT2D eigenvalue weighted by Crippen LogP contribution is -2.46. The molecule has 0 radical (unpaired) electrons. The van der Waals surface area contributed by atoms with Crippen LogP contribution in [0.3, 0.4) is 0 Å². The molecule has 1 saturated heterocycles. The number of carbonyl (C=O) groups excluding carboxylic acids is 1. The van der Waals surface area contributed by atoms with Gasteiger partial charge >= 0.3 is 0 Å². The number of piperazine rings is 1. The van der Waals surface area contributed by atoms with Crippen LogP contribution in [0.2, 0.25) is 0 Å². The highest BCUT2D eigenvalue weighted by Gasteiger charge is 2.17. The first-order valence-electron chi connectivity index (χ1n) is 9.96. The molecular weight excluding hydrogens is 328 g/mol. The van der Waals surface area contributed by atoms with Gasteiger partial charge in [0, 0.05) is 38.3 Å². The van der Waals surface area contributed by atoms with Gasteiger partial charge in [-0.15, -0.1) is 0 Å². The molecule has 26 heavy (non-hydrogen) atoms. The zero-order valence-corrected chi connectivity index (χ0v) is 16.3. The van der Waals surface area contributed by atoms with Crippen LogP contribution in [0, 0.1) is 0 Å². The van der Waals surface area contributed by atoms with Crippen LogP contribution in [0.25, 0.3) is 0 Å². The van der Waals surface area contributed by atoms with E-state index in [1.807, 2.05) is 6.20 Å². The summed E-state index contributed by atoms with van der Waals surface area (Å²) in [7, 11) is 0. The van der Waals surface area contributed by atoms with Crippen molar-refractivity contribution in [2.45, 2.75) is 58.3 Å². The van der Waals surface area contributed by atoms with Gasteiger partial charge in [-0.2, -0.15) is 0 Å². The van der Waals surface area contributed by atoms with E-state index in [0.29, 0.717) is 12.3 Å². The molecule has 6 nitrogen and oxygen atoms in total. The third kappa shape index (κ3) is 6.92. The topological polar surface area (TPSA) is 68.7 Å². The Bertz CT molecular complexity index is 525. The molecule has 0 aromatic carbocycles. The third-order valence-electron chi connectivity index (χ3n) is 5.10. The Labute approximate surface area is 157 Å². The van der Waals surface area contributed by atoms with Crippen LogP contribution in [0.1, 0.15) is 64.0 Å². The Balaban J connectivity index is 1.56. The highest BCUT2D eigenvalue weighted by atomic mass is 16.5. The molecule has 0 saturated carbocycles. The summed E-state index contributed by atoms with van der Waals surface area (Å²) in [4.78, 5) is 20.5. The van der Waals surface area contributed by atoms with E-state index in [0.717, 1.165) is 57.7 Å². The molecule has 1 fully saturated rings. The second-order valence-corrected chi connectivity index (χ2v) is 7.48. The number of hydrogen-bond donors (Lipinski definition) is 2. The fraction of sp³-hybridized carbons (Fsp3) is 0.700. The van der Waals surface area contributed by atoms with Crippen molar-refractivity contribution < 1.29 is 10.0 Å². The Kier molecular flexibility index (Phi) is 8.85. The van der Waals surface area contributed by atoms with Crippen molar-refractivity contribution in [3.8, 4) is 0 Å². The molecule has 1 aliphatic heterocycles. The van der Waals surface area contributed by atoms with Crippen molar-refractivity contribution in [1.82, 2.24) is 15.4 Å². The van der Waals surface area contributed by atoms with E-state index in [1.165, 1.54) is 18.5 Å². The van der Waals surface area contributed by atoms with Crippen LogP contribution >= 0.6 is 0 Å². The summed E-state index contributed by atoms with van der Waals surface area (Å²) in [6, 6.07) is 4.35. The number of amides is 1. The number of hydrogen-bond acceptors (Lipinski definition) is 5. The predicted octanol–water partition coefficient (Wildman–Crippen LogP) is 3.17. The number of hydroxylamine groups is 1. The molecule has 1 aromatic rings. The van der Waals surface area contributed by atoms with E-state index in [9.17, 15) is 4.79 Å². The maximum Gasteiger partial charge on any atom is 0.243 e. The van der Waals surface area contributed by atoms with Crippen molar-refractivity contribution in [3.05, 3.63) is 24.0 Å². The van der Waals surface area contributed by atoms with Gasteiger partial charge in [0.2, 0.25) is 5.91 Å². The first-order valence-corrected chi connectivity index (χ1v) is 9.96. The van der Waals surface area contributed by atoms with Gasteiger partial charge in [-0.3, -0.25) is 19.9 Å². The maximum absolute atomic E-state index is 10.9. The molecule has 2 N–H and O–H groups in total. The molecule has 0 atom stereocenters. The first-order chi connectivity index (χ1) is 12.6. The summed E-state index contributed by atoms with van der Waals surface area (Å²) in [5, 5.41) is 8.43. The molecule has 0 unspecified atom stereocenters. The average molecular weight is 363 g/mol.